The predicted octanol–water partition coefficient (Wildman–Crippen LogP) is 5.49. The number of carbonyl (C=O) groups is 1. The minimum absolute atomic E-state index is 0.0165. The fraction of sp³-hybridized carbons (Fsp3) is 0.375. The number of hydrogen-bond acceptors (Lipinski definition) is 8. The molecule has 0 spiro atoms. The summed E-state index contributed by atoms with van der Waals surface area (Å²) < 4.78 is 58.7. The molecule has 4 heterocycles. The SMILES string of the molecule is N#Cc1ccc(COc2cccc(C3CCN(Cc4nc5c(OC(F)F)cc(C(=O)O)cc5n4C[C@@H]4CCO4)CC3)n2)c(F)c1. The van der Waals surface area contributed by atoms with Crippen LogP contribution in [0.5, 0.6) is 11.6 Å². The number of nitriles is 1. The molecule has 10 nitrogen and oxygen atoms in total. The highest BCUT2D eigenvalue weighted by Crippen LogP contribution is 2.33. The zero-order valence-corrected chi connectivity index (χ0v) is 24.2. The van der Waals surface area contributed by atoms with Crippen molar-refractivity contribution >= 4 is 17.0 Å². The van der Waals surface area contributed by atoms with Gasteiger partial charge in [0.1, 0.15) is 23.8 Å². The Bertz CT molecular complexity index is 1750. The number of imidazole rings is 1. The summed E-state index contributed by atoms with van der Waals surface area (Å²) in [5, 5.41) is 18.5. The maximum Gasteiger partial charge on any atom is 0.387 e. The van der Waals surface area contributed by atoms with Gasteiger partial charge in [-0.25, -0.2) is 19.2 Å². The van der Waals surface area contributed by atoms with Crippen LogP contribution in [0.1, 0.15) is 58.2 Å². The van der Waals surface area contributed by atoms with Gasteiger partial charge in [0.2, 0.25) is 5.88 Å². The molecule has 0 aliphatic carbocycles. The van der Waals surface area contributed by atoms with Crippen LogP contribution in [-0.2, 0) is 24.4 Å². The summed E-state index contributed by atoms with van der Waals surface area (Å²) in [6.45, 7) is -0.228. The van der Waals surface area contributed by atoms with E-state index in [0.29, 0.717) is 42.5 Å². The summed E-state index contributed by atoms with van der Waals surface area (Å²) in [7, 11) is 0. The summed E-state index contributed by atoms with van der Waals surface area (Å²) in [6, 6.07) is 14.2. The predicted molar refractivity (Wildman–Crippen MR) is 155 cm³/mol. The number of alkyl halides is 2. The summed E-state index contributed by atoms with van der Waals surface area (Å²) in [6.07, 6.45) is 2.36. The normalized spacial score (nSPS) is 17.3. The number of benzene rings is 2. The molecular formula is C32H30F3N5O5. The molecule has 2 aliphatic rings. The number of piperidine rings is 1. The highest BCUT2D eigenvalue weighted by molar-refractivity contribution is 5.95. The fourth-order valence-corrected chi connectivity index (χ4v) is 5.72. The van der Waals surface area contributed by atoms with Gasteiger partial charge in [-0.15, -0.1) is 0 Å². The van der Waals surface area contributed by atoms with Crippen molar-refractivity contribution in [3.05, 3.63) is 82.6 Å². The van der Waals surface area contributed by atoms with Crippen LogP contribution in [0, 0.1) is 17.1 Å². The number of carboxylic acid groups (broad SMARTS) is 1. The third-order valence-corrected chi connectivity index (χ3v) is 8.21. The first-order chi connectivity index (χ1) is 21.8. The molecule has 0 bridgehead atoms. The lowest BCUT2D eigenvalue weighted by molar-refractivity contribution is -0.0592. The minimum atomic E-state index is -3.13. The van der Waals surface area contributed by atoms with Crippen LogP contribution >= 0.6 is 0 Å². The van der Waals surface area contributed by atoms with E-state index < -0.39 is 18.4 Å². The van der Waals surface area contributed by atoms with Crippen molar-refractivity contribution in [3.8, 4) is 17.7 Å². The molecule has 0 unspecified atom stereocenters. The van der Waals surface area contributed by atoms with Gasteiger partial charge in [-0.1, -0.05) is 12.1 Å². The van der Waals surface area contributed by atoms with Crippen molar-refractivity contribution in [2.24, 2.45) is 0 Å². The first-order valence-electron chi connectivity index (χ1n) is 14.6. The van der Waals surface area contributed by atoms with Gasteiger partial charge in [0.05, 0.1) is 41.9 Å². The molecule has 2 aromatic heterocycles. The lowest BCUT2D eigenvalue weighted by atomic mass is 9.93. The molecule has 2 aromatic carbocycles. The highest BCUT2D eigenvalue weighted by atomic mass is 19.3. The maximum atomic E-state index is 14.3. The topological polar surface area (TPSA) is 123 Å². The Kier molecular flexibility index (Phi) is 8.86. The molecule has 6 rings (SSSR count). The van der Waals surface area contributed by atoms with E-state index in [9.17, 15) is 23.1 Å². The van der Waals surface area contributed by atoms with Crippen LogP contribution in [0.2, 0.25) is 0 Å². The van der Waals surface area contributed by atoms with Crippen LogP contribution in [0.3, 0.4) is 0 Å². The van der Waals surface area contributed by atoms with E-state index in [1.54, 1.807) is 12.1 Å². The van der Waals surface area contributed by atoms with Crippen molar-refractivity contribution < 1.29 is 37.3 Å². The molecule has 2 aliphatic heterocycles. The monoisotopic (exact) mass is 621 g/mol. The average Bonchev–Trinajstić information content (AvgIpc) is 3.35. The minimum Gasteiger partial charge on any atom is -0.478 e. The van der Waals surface area contributed by atoms with Gasteiger partial charge in [-0.2, -0.15) is 14.0 Å². The number of hydrogen-bond donors (Lipinski definition) is 1. The second kappa shape index (κ2) is 13.1. The molecule has 1 N–H and O–H groups in total. The van der Waals surface area contributed by atoms with Crippen LogP contribution in [-0.4, -0.2) is 62.9 Å². The number of carboxylic acids is 1. The smallest absolute Gasteiger partial charge is 0.387 e. The Labute approximate surface area is 256 Å². The number of ether oxygens (including phenoxy) is 3. The second-order valence-electron chi connectivity index (χ2n) is 11.1. The number of likely N-dealkylation sites (tertiary alicyclic amines) is 1. The third-order valence-electron chi connectivity index (χ3n) is 8.21. The average molecular weight is 622 g/mol. The fourth-order valence-electron chi connectivity index (χ4n) is 5.72. The van der Waals surface area contributed by atoms with E-state index in [4.69, 9.17) is 14.7 Å². The van der Waals surface area contributed by atoms with Crippen molar-refractivity contribution in [2.75, 3.05) is 19.7 Å². The number of rotatable bonds is 11. The van der Waals surface area contributed by atoms with Crippen molar-refractivity contribution in [2.45, 2.75) is 57.6 Å². The Morgan fingerprint density at radius 1 is 1.13 bits per heavy atom. The number of halogens is 3. The first-order valence-corrected chi connectivity index (χ1v) is 14.6. The van der Waals surface area contributed by atoms with E-state index in [0.717, 1.165) is 44.1 Å². The van der Waals surface area contributed by atoms with Crippen LogP contribution in [0.4, 0.5) is 13.2 Å². The van der Waals surface area contributed by atoms with Crippen molar-refractivity contribution in [1.82, 2.24) is 19.4 Å². The molecule has 4 aromatic rings. The van der Waals surface area contributed by atoms with Gasteiger partial charge in [-0.05, 0) is 62.7 Å². The van der Waals surface area contributed by atoms with Crippen molar-refractivity contribution in [3.63, 3.8) is 0 Å². The maximum absolute atomic E-state index is 14.3. The molecule has 0 saturated carbocycles. The van der Waals surface area contributed by atoms with E-state index in [1.807, 2.05) is 22.8 Å². The molecule has 1 atom stereocenters. The zero-order chi connectivity index (χ0) is 31.5. The lowest BCUT2D eigenvalue weighted by Crippen LogP contribution is -2.35. The summed E-state index contributed by atoms with van der Waals surface area (Å²) >= 11 is 0. The molecule has 0 radical (unpaired) electrons. The number of aromatic nitrogens is 3. The molecule has 2 fully saturated rings. The molecule has 0 amide bonds. The standard InChI is InChI=1S/C32H30F3N5O5/c33-24-12-19(15-36)4-5-21(24)18-44-29-3-1-2-25(37-29)20-6-9-39(10-7-20)17-28-38-30-26(40(28)16-23-8-11-43-23)13-22(31(41)42)14-27(30)45-32(34)35/h1-5,12-14,20,23,32H,6-11,16-18H2,(H,41,42)/t23-/m0/s1. The number of aromatic carboxylic acids is 1. The van der Waals surface area contributed by atoms with Gasteiger partial charge in [0.25, 0.3) is 0 Å². The summed E-state index contributed by atoms with van der Waals surface area (Å²) in [5.41, 5.74) is 1.87. The Morgan fingerprint density at radius 2 is 1.93 bits per heavy atom. The van der Waals surface area contributed by atoms with Gasteiger partial charge in [-0.3, -0.25) is 4.90 Å². The number of pyridine rings is 1. The van der Waals surface area contributed by atoms with E-state index in [1.165, 1.54) is 18.2 Å². The zero-order valence-electron chi connectivity index (χ0n) is 24.2. The van der Waals surface area contributed by atoms with E-state index in [-0.39, 0.29) is 41.0 Å². The largest absolute Gasteiger partial charge is 0.478 e. The molecule has 2 saturated heterocycles. The van der Waals surface area contributed by atoms with Gasteiger partial charge in [0, 0.05) is 29.8 Å². The summed E-state index contributed by atoms with van der Waals surface area (Å²) in [5.74, 6) is -0.869. The highest BCUT2D eigenvalue weighted by Gasteiger charge is 2.28. The van der Waals surface area contributed by atoms with Gasteiger partial charge < -0.3 is 23.9 Å². The van der Waals surface area contributed by atoms with E-state index in [2.05, 4.69) is 19.6 Å². The van der Waals surface area contributed by atoms with Gasteiger partial charge in [0.15, 0.2) is 5.75 Å². The van der Waals surface area contributed by atoms with Gasteiger partial charge >= 0.3 is 12.6 Å². The van der Waals surface area contributed by atoms with Crippen LogP contribution < -0.4 is 9.47 Å². The number of nitrogens with zero attached hydrogens (tertiary/aromatic N) is 5. The first kappa shape index (κ1) is 30.4. The third kappa shape index (κ3) is 6.87. The van der Waals surface area contributed by atoms with Crippen LogP contribution in [0.15, 0.2) is 48.5 Å². The quantitative estimate of drug-likeness (QED) is 0.232. The summed E-state index contributed by atoms with van der Waals surface area (Å²) in [4.78, 5) is 23.3. The molecule has 234 valence electrons. The van der Waals surface area contributed by atoms with Crippen molar-refractivity contribution in [1.29, 1.82) is 5.26 Å². The molecular weight excluding hydrogens is 591 g/mol. The van der Waals surface area contributed by atoms with E-state index >= 15 is 0 Å². The Balaban J connectivity index is 1.15. The number of fused-ring (bicyclic) bond motifs is 1. The molecule has 13 heteroatoms. The van der Waals surface area contributed by atoms with Crippen LogP contribution in [0.25, 0.3) is 11.0 Å². The Morgan fingerprint density at radius 3 is 2.60 bits per heavy atom. The second-order valence-corrected chi connectivity index (χ2v) is 11.1. The molecule has 45 heavy (non-hydrogen) atoms. The Hall–Kier alpha value is -4.67. The lowest BCUT2D eigenvalue weighted by Gasteiger charge is -2.32.